The first-order valence-electron chi connectivity index (χ1n) is 6.69. The van der Waals surface area contributed by atoms with Crippen LogP contribution in [0.2, 0.25) is 0 Å². The number of halogens is 4. The maximum Gasteiger partial charge on any atom is 0.417 e. The predicted octanol–water partition coefficient (Wildman–Crippen LogP) is 4.72. The Balaban J connectivity index is 2.32. The van der Waals surface area contributed by atoms with E-state index < -0.39 is 23.5 Å². The van der Waals surface area contributed by atoms with Crippen molar-refractivity contribution in [2.24, 2.45) is 0 Å². The maximum atomic E-state index is 13.2. The van der Waals surface area contributed by atoms with Gasteiger partial charge >= 0.3 is 6.18 Å². The lowest BCUT2D eigenvalue weighted by Crippen LogP contribution is -2.16. The average molecular weight is 323 g/mol. The molecule has 0 saturated carbocycles. The van der Waals surface area contributed by atoms with Crippen molar-refractivity contribution in [3.8, 4) is 0 Å². The summed E-state index contributed by atoms with van der Waals surface area (Å²) >= 11 is 0. The van der Waals surface area contributed by atoms with Gasteiger partial charge in [0.05, 0.1) is 5.57 Å². The molecule has 0 heterocycles. The molecule has 6 heteroatoms. The standard InChI is InChI=1S/C17H13F4NO/c1-11-7-8-13(18)9-15(11)22-16(23)10-14(17(19,20)21)12-5-3-2-4-6-12/h2-10H,1H3,(H,22,23)/b14-10-. The fraction of sp³-hybridized carbons (Fsp3) is 0.118. The molecule has 23 heavy (non-hydrogen) atoms. The Labute approximate surface area is 130 Å². The van der Waals surface area contributed by atoms with Gasteiger partial charge in [-0.1, -0.05) is 36.4 Å². The molecule has 0 spiro atoms. The topological polar surface area (TPSA) is 29.1 Å². The zero-order valence-corrected chi connectivity index (χ0v) is 12.1. The normalized spacial score (nSPS) is 12.1. The third kappa shape index (κ3) is 4.42. The van der Waals surface area contributed by atoms with Crippen LogP contribution in [0, 0.1) is 12.7 Å². The summed E-state index contributed by atoms with van der Waals surface area (Å²) in [6, 6.07) is 10.7. The van der Waals surface area contributed by atoms with Crippen LogP contribution < -0.4 is 5.32 Å². The highest BCUT2D eigenvalue weighted by atomic mass is 19.4. The van der Waals surface area contributed by atoms with Gasteiger partial charge in [-0.25, -0.2) is 4.39 Å². The van der Waals surface area contributed by atoms with Crippen LogP contribution in [0.3, 0.4) is 0 Å². The van der Waals surface area contributed by atoms with E-state index in [9.17, 15) is 22.4 Å². The van der Waals surface area contributed by atoms with Crippen LogP contribution in [-0.2, 0) is 4.79 Å². The van der Waals surface area contributed by atoms with Gasteiger partial charge in [-0.2, -0.15) is 13.2 Å². The van der Waals surface area contributed by atoms with E-state index in [2.05, 4.69) is 5.32 Å². The molecule has 0 atom stereocenters. The highest BCUT2D eigenvalue weighted by Crippen LogP contribution is 2.33. The van der Waals surface area contributed by atoms with Crippen molar-refractivity contribution < 1.29 is 22.4 Å². The van der Waals surface area contributed by atoms with Crippen LogP contribution in [0.5, 0.6) is 0 Å². The van der Waals surface area contributed by atoms with Crippen LogP contribution in [0.25, 0.3) is 5.57 Å². The maximum absolute atomic E-state index is 13.2. The predicted molar refractivity (Wildman–Crippen MR) is 80.2 cm³/mol. The van der Waals surface area contributed by atoms with Crippen molar-refractivity contribution in [2.45, 2.75) is 13.1 Å². The minimum Gasteiger partial charge on any atom is -0.322 e. The Morgan fingerprint density at radius 2 is 1.74 bits per heavy atom. The number of rotatable bonds is 3. The zero-order valence-electron chi connectivity index (χ0n) is 12.1. The first kappa shape index (κ1) is 16.7. The van der Waals surface area contributed by atoms with E-state index in [4.69, 9.17) is 0 Å². The van der Waals surface area contributed by atoms with Crippen LogP contribution in [0.15, 0.2) is 54.6 Å². The van der Waals surface area contributed by atoms with Crippen LogP contribution in [0.4, 0.5) is 23.2 Å². The summed E-state index contributed by atoms with van der Waals surface area (Å²) in [4.78, 5) is 11.9. The van der Waals surface area contributed by atoms with Crippen molar-refractivity contribution in [1.29, 1.82) is 0 Å². The molecule has 2 aromatic carbocycles. The second kappa shape index (κ2) is 6.64. The number of carbonyl (C=O) groups excluding carboxylic acids is 1. The summed E-state index contributed by atoms with van der Waals surface area (Å²) in [5.74, 6) is -1.57. The first-order chi connectivity index (χ1) is 10.8. The number of benzene rings is 2. The SMILES string of the molecule is Cc1ccc(F)cc1NC(=O)/C=C(/c1ccccc1)C(F)(F)F. The third-order valence-corrected chi connectivity index (χ3v) is 3.12. The fourth-order valence-corrected chi connectivity index (χ4v) is 1.98. The molecular formula is C17H13F4NO. The summed E-state index contributed by atoms with van der Waals surface area (Å²) in [7, 11) is 0. The van der Waals surface area contributed by atoms with Gasteiger partial charge in [0.15, 0.2) is 0 Å². The molecule has 120 valence electrons. The molecule has 0 fully saturated rings. The van der Waals surface area contributed by atoms with Gasteiger partial charge in [0.2, 0.25) is 5.91 Å². The summed E-state index contributed by atoms with van der Waals surface area (Å²) in [5.41, 5.74) is -0.516. The van der Waals surface area contributed by atoms with E-state index in [0.717, 1.165) is 6.07 Å². The lowest BCUT2D eigenvalue weighted by molar-refractivity contribution is -0.112. The molecule has 0 bridgehead atoms. The molecule has 0 aliphatic rings. The summed E-state index contributed by atoms with van der Waals surface area (Å²) in [6.07, 6.45) is -4.21. The van der Waals surface area contributed by atoms with Crippen LogP contribution >= 0.6 is 0 Å². The van der Waals surface area contributed by atoms with Gasteiger partial charge in [0, 0.05) is 11.8 Å². The Morgan fingerprint density at radius 1 is 1.09 bits per heavy atom. The Kier molecular flexibility index (Phi) is 4.83. The fourth-order valence-electron chi connectivity index (χ4n) is 1.98. The zero-order chi connectivity index (χ0) is 17.0. The Hall–Kier alpha value is -2.63. The van der Waals surface area contributed by atoms with Gasteiger partial charge in [-0.05, 0) is 30.2 Å². The van der Waals surface area contributed by atoms with E-state index in [1.807, 2.05) is 0 Å². The van der Waals surface area contributed by atoms with E-state index in [0.29, 0.717) is 11.6 Å². The Bertz CT molecular complexity index is 736. The largest absolute Gasteiger partial charge is 0.417 e. The molecule has 1 amide bonds. The number of amides is 1. The number of carbonyl (C=O) groups is 1. The van der Waals surface area contributed by atoms with E-state index in [1.165, 1.54) is 36.4 Å². The van der Waals surface area contributed by atoms with Gasteiger partial charge in [0.1, 0.15) is 5.82 Å². The Morgan fingerprint density at radius 3 is 2.35 bits per heavy atom. The molecule has 2 nitrogen and oxygen atoms in total. The molecule has 0 aliphatic heterocycles. The number of hydrogen-bond acceptors (Lipinski definition) is 1. The lowest BCUT2D eigenvalue weighted by Gasteiger charge is -2.12. The molecule has 0 unspecified atom stereocenters. The highest BCUT2D eigenvalue weighted by Gasteiger charge is 2.35. The number of allylic oxidation sites excluding steroid dienone is 1. The smallest absolute Gasteiger partial charge is 0.322 e. The summed E-state index contributed by atoms with van der Waals surface area (Å²) in [5, 5.41) is 2.27. The first-order valence-corrected chi connectivity index (χ1v) is 6.69. The third-order valence-electron chi connectivity index (χ3n) is 3.12. The van der Waals surface area contributed by atoms with Crippen molar-refractivity contribution in [1.82, 2.24) is 0 Å². The number of aryl methyl sites for hydroxylation is 1. The number of hydrogen-bond donors (Lipinski definition) is 1. The minimum absolute atomic E-state index is 0.119. The van der Waals surface area contributed by atoms with Gasteiger partial charge in [-0.3, -0.25) is 4.79 Å². The summed E-state index contributed by atoms with van der Waals surface area (Å²) in [6.45, 7) is 1.61. The minimum atomic E-state index is -4.68. The van der Waals surface area contributed by atoms with E-state index >= 15 is 0 Å². The van der Waals surface area contributed by atoms with Crippen LogP contribution in [0.1, 0.15) is 11.1 Å². The average Bonchev–Trinajstić information content (AvgIpc) is 2.48. The summed E-state index contributed by atoms with van der Waals surface area (Å²) < 4.78 is 52.6. The molecule has 0 saturated heterocycles. The quantitative estimate of drug-likeness (QED) is 0.643. The number of nitrogens with one attached hydrogen (secondary N) is 1. The molecule has 2 rings (SSSR count). The van der Waals surface area contributed by atoms with Gasteiger partial charge < -0.3 is 5.32 Å². The second-order valence-electron chi connectivity index (χ2n) is 4.87. The number of alkyl halides is 3. The van der Waals surface area contributed by atoms with Gasteiger partial charge in [0.25, 0.3) is 0 Å². The van der Waals surface area contributed by atoms with Crippen molar-refractivity contribution in [2.75, 3.05) is 5.32 Å². The van der Waals surface area contributed by atoms with E-state index in [-0.39, 0.29) is 11.3 Å². The molecule has 0 aliphatic carbocycles. The van der Waals surface area contributed by atoms with Crippen LogP contribution in [-0.4, -0.2) is 12.1 Å². The van der Waals surface area contributed by atoms with E-state index in [1.54, 1.807) is 13.0 Å². The lowest BCUT2D eigenvalue weighted by atomic mass is 10.0. The molecular weight excluding hydrogens is 310 g/mol. The highest BCUT2D eigenvalue weighted by molar-refractivity contribution is 6.04. The second-order valence-corrected chi connectivity index (χ2v) is 4.87. The molecule has 2 aromatic rings. The monoisotopic (exact) mass is 323 g/mol. The number of anilines is 1. The van der Waals surface area contributed by atoms with Crippen molar-refractivity contribution in [3.63, 3.8) is 0 Å². The van der Waals surface area contributed by atoms with Crippen molar-refractivity contribution in [3.05, 3.63) is 71.6 Å². The van der Waals surface area contributed by atoms with Crippen molar-refractivity contribution >= 4 is 17.2 Å². The molecule has 0 radical (unpaired) electrons. The molecule has 0 aromatic heterocycles. The molecule has 1 N–H and O–H groups in total. The van der Waals surface area contributed by atoms with Gasteiger partial charge in [-0.15, -0.1) is 0 Å².